The van der Waals surface area contributed by atoms with Gasteiger partial charge in [0.15, 0.2) is 25.0 Å². The number of carbonyl (C=O) groups is 3. The molecule has 0 fully saturated rings. The lowest BCUT2D eigenvalue weighted by molar-refractivity contribution is -0.122. The van der Waals surface area contributed by atoms with E-state index in [4.69, 9.17) is 53.8 Å². The van der Waals surface area contributed by atoms with Crippen molar-refractivity contribution in [1.29, 1.82) is 0 Å². The number of nitrogens with two attached hydrogens (primary N) is 1. The van der Waals surface area contributed by atoms with E-state index in [-0.39, 0.29) is 29.3 Å². The predicted molar refractivity (Wildman–Crippen MR) is 350 cm³/mol. The van der Waals surface area contributed by atoms with Crippen LogP contribution < -0.4 is 21.7 Å². The molecule has 0 aromatic heterocycles. The maximum absolute atomic E-state index is 12.5. The van der Waals surface area contributed by atoms with Gasteiger partial charge >= 0.3 is 0 Å². The van der Waals surface area contributed by atoms with Gasteiger partial charge in [0.05, 0.1) is 12.4 Å². The second kappa shape index (κ2) is 36.3. The summed E-state index contributed by atoms with van der Waals surface area (Å²) < 4.78 is 89.5. The van der Waals surface area contributed by atoms with Crippen LogP contribution in [0.25, 0.3) is 0 Å². The minimum Gasteiger partial charge on any atom is -0.416 e. The summed E-state index contributed by atoms with van der Waals surface area (Å²) in [6.07, 6.45) is 0.927. The van der Waals surface area contributed by atoms with Gasteiger partial charge in [0.2, 0.25) is 17.1 Å². The number of amides is 2. The molecule has 0 saturated heterocycles. The van der Waals surface area contributed by atoms with E-state index < -0.39 is 95.5 Å². The van der Waals surface area contributed by atoms with E-state index in [1.807, 2.05) is 4.90 Å². The number of hydrogen-bond donors (Lipinski definition) is 4. The third kappa shape index (κ3) is 41.9. The molecule has 0 heterocycles. The molecular weight excluding hydrogens is 1220 g/mol. The van der Waals surface area contributed by atoms with Crippen LogP contribution in [0.4, 0.5) is 0 Å². The van der Waals surface area contributed by atoms with E-state index in [0.29, 0.717) is 23.2 Å². The molecule has 5 N–H and O–H groups in total. The molecular formula is C48H114Cl3N5O12P6Si3. The Labute approximate surface area is 489 Å². The Bertz CT molecular complexity index is 1960. The Kier molecular flexibility index (Phi) is 41.0. The summed E-state index contributed by atoms with van der Waals surface area (Å²) in [4.78, 5) is 35.0. The van der Waals surface area contributed by atoms with Crippen molar-refractivity contribution in [2.24, 2.45) is 5.73 Å². The van der Waals surface area contributed by atoms with Crippen LogP contribution in [0, 0.1) is 0 Å². The Balaban J connectivity index is -0.000000306. The second-order valence-corrected chi connectivity index (χ2v) is 63.4. The molecule has 466 valence electrons. The zero-order valence-electron chi connectivity index (χ0n) is 53.3. The normalized spacial score (nSPS) is 13.6. The van der Waals surface area contributed by atoms with Crippen molar-refractivity contribution >= 4 is 120 Å². The van der Waals surface area contributed by atoms with Crippen molar-refractivity contribution in [3.63, 3.8) is 0 Å². The molecule has 0 aliphatic heterocycles. The van der Waals surface area contributed by atoms with Crippen LogP contribution in [0.15, 0.2) is 0 Å². The summed E-state index contributed by atoms with van der Waals surface area (Å²) in [5.74, 6) is -0.976. The van der Waals surface area contributed by atoms with Crippen LogP contribution in [0.5, 0.6) is 0 Å². The molecule has 0 aromatic rings. The number of rotatable bonds is 26. The standard InChI is InChI=1S/C18H42N2O4P2Si.C16H39NO2Si2.C7H16ClNO3P2.C5H15NO2P2.C2H2Cl2O/c1-11-12-20(13-14-24-27(9,10)18(2,3)4)15-16(21)19-17(25(5,6)22)26(7,8)23;1-15(2,3)20(7,8)18-13-11-17-12-14-19-21(9,10)16(4,5)6;1-13(2,11)7(14(3,4)12)9-6(10)5-8;1-9(2,7)5(6)10(3,4)8;3-1-2(4)5/h17H,11-15H2,1-10H3,(H,19,21);17H,11-14H2,1-10H3;7H,5H2,1-4H3,(H,9,10);5H,6H2,1-4H3;1H2. The molecule has 0 aliphatic carbocycles. The SMILES string of the molecule is CC(C)(C)[Si](C)(C)OCCNCCO[Si](C)(C)C(C)(C)C.CCCN(CCO[Si](C)(C)C(C)(C)C)CC(=O)NC(P(C)(C)=O)P(C)(C)=O.CP(C)(=O)C(N)P(C)(C)=O.CP(C)(=O)C(NC(=O)CCl)P(C)(C)=O.O=C(Cl)CCl. The first-order valence-corrected chi connectivity index (χ1v) is 52.1. The highest BCUT2D eigenvalue weighted by Crippen LogP contribution is 2.60. The Morgan fingerprint density at radius 1 is 0.506 bits per heavy atom. The smallest absolute Gasteiger partial charge is 0.236 e. The number of carbonyl (C=O) groups excluding carboxylic acids is 3. The third-order valence-corrected chi connectivity index (χ3v) is 45.3. The quantitative estimate of drug-likeness (QED) is 0.0207. The fraction of sp³-hybridized carbons (Fsp3) is 0.938. The van der Waals surface area contributed by atoms with Crippen molar-refractivity contribution in [2.75, 3.05) is 144 Å². The third-order valence-electron chi connectivity index (χ3n) is 13.1. The molecule has 29 heteroatoms. The summed E-state index contributed by atoms with van der Waals surface area (Å²) in [6, 6.07) is 0. The molecule has 0 saturated carbocycles. The summed E-state index contributed by atoms with van der Waals surface area (Å²) in [6.45, 7) is 60.3. The molecule has 17 nitrogen and oxygen atoms in total. The fourth-order valence-corrected chi connectivity index (χ4v) is 26.8. The van der Waals surface area contributed by atoms with E-state index in [9.17, 15) is 41.8 Å². The predicted octanol–water partition coefficient (Wildman–Crippen LogP) is 13.3. The van der Waals surface area contributed by atoms with Gasteiger partial charge in [-0.1, -0.05) is 69.2 Å². The highest BCUT2D eigenvalue weighted by Gasteiger charge is 2.40. The minimum absolute atomic E-state index is 0.0957. The van der Waals surface area contributed by atoms with E-state index in [1.165, 1.54) is 26.7 Å². The lowest BCUT2D eigenvalue weighted by Crippen LogP contribution is -2.45. The lowest BCUT2D eigenvalue weighted by Gasteiger charge is -2.36. The van der Waals surface area contributed by atoms with Gasteiger partial charge in [-0.25, -0.2) is 0 Å². The van der Waals surface area contributed by atoms with Crippen LogP contribution in [0.1, 0.15) is 75.7 Å². The zero-order chi connectivity index (χ0) is 63.1. The van der Waals surface area contributed by atoms with E-state index in [1.54, 1.807) is 53.3 Å². The van der Waals surface area contributed by atoms with E-state index >= 15 is 0 Å². The van der Waals surface area contributed by atoms with Gasteiger partial charge in [-0.15, -0.1) is 23.2 Å². The van der Waals surface area contributed by atoms with Crippen LogP contribution in [-0.2, 0) is 55.1 Å². The number of halogens is 3. The number of hydrogen-bond acceptors (Lipinski definition) is 15. The zero-order valence-corrected chi connectivity index (χ0v) is 63.9. The minimum atomic E-state index is -2.70. The van der Waals surface area contributed by atoms with Gasteiger partial charge in [-0.05, 0) is 159 Å². The van der Waals surface area contributed by atoms with Crippen molar-refractivity contribution in [1.82, 2.24) is 20.9 Å². The van der Waals surface area contributed by atoms with Gasteiger partial charge < -0.3 is 62.4 Å². The van der Waals surface area contributed by atoms with Gasteiger partial charge in [-0.2, -0.15) is 0 Å². The highest BCUT2D eigenvalue weighted by molar-refractivity contribution is 7.81. The Morgan fingerprint density at radius 3 is 0.987 bits per heavy atom. The van der Waals surface area contributed by atoms with Crippen molar-refractivity contribution in [2.45, 2.75) is 147 Å². The monoisotopic (exact) mass is 1330 g/mol. The summed E-state index contributed by atoms with van der Waals surface area (Å²) >= 11 is 14.9. The lowest BCUT2D eigenvalue weighted by atomic mass is 10.2. The molecule has 0 rings (SSSR count). The second-order valence-electron chi connectivity index (χ2n) is 26.4. The fourth-order valence-electron chi connectivity index (χ4n) is 5.75. The first-order chi connectivity index (χ1) is 33.6. The topological polar surface area (TPSA) is 247 Å². The largest absolute Gasteiger partial charge is 0.416 e. The Morgan fingerprint density at radius 2 is 0.779 bits per heavy atom. The van der Waals surface area contributed by atoms with Gasteiger partial charge in [0.25, 0.3) is 0 Å². The van der Waals surface area contributed by atoms with E-state index in [0.717, 1.165) is 39.3 Å². The molecule has 0 aliphatic rings. The Hall–Kier alpha value is 1.27. The van der Waals surface area contributed by atoms with Crippen LogP contribution >= 0.6 is 77.7 Å². The van der Waals surface area contributed by atoms with Crippen LogP contribution in [-0.4, -0.2) is 208 Å². The van der Waals surface area contributed by atoms with Crippen molar-refractivity contribution in [3.05, 3.63) is 0 Å². The number of nitrogens with zero attached hydrogens (tertiary/aromatic N) is 1. The summed E-state index contributed by atoms with van der Waals surface area (Å²) in [7, 11) is -20.4. The number of alkyl halides is 2. The molecule has 0 bridgehead atoms. The first-order valence-electron chi connectivity index (χ1n) is 25.9. The van der Waals surface area contributed by atoms with Crippen LogP contribution in [0.2, 0.25) is 54.4 Å². The van der Waals surface area contributed by atoms with Crippen LogP contribution in [0.3, 0.4) is 0 Å². The van der Waals surface area contributed by atoms with Gasteiger partial charge in [-0.3, -0.25) is 19.3 Å². The highest BCUT2D eigenvalue weighted by atomic mass is 35.5. The summed E-state index contributed by atoms with van der Waals surface area (Å²) in [5, 5.41) is 8.88. The molecule has 0 spiro atoms. The molecule has 0 aromatic carbocycles. The maximum atomic E-state index is 12.5. The molecule has 77 heavy (non-hydrogen) atoms. The molecule has 0 radical (unpaired) electrons. The maximum Gasteiger partial charge on any atom is 0.236 e. The molecule has 0 unspecified atom stereocenters. The molecule has 2 amide bonds. The summed E-state index contributed by atoms with van der Waals surface area (Å²) in [5.41, 5.74) is 3.35. The van der Waals surface area contributed by atoms with Crippen molar-refractivity contribution < 1.29 is 55.1 Å². The average molecular weight is 1330 g/mol. The number of nitrogens with one attached hydrogen (secondary N) is 3. The van der Waals surface area contributed by atoms with E-state index in [2.05, 4.69) is 124 Å². The molecule has 0 atom stereocenters. The van der Waals surface area contributed by atoms with Gasteiger partial charge in [0.1, 0.15) is 65.3 Å². The van der Waals surface area contributed by atoms with Crippen molar-refractivity contribution in [3.8, 4) is 0 Å². The average Bonchev–Trinajstić information content (AvgIpc) is 3.18. The van der Waals surface area contributed by atoms with Gasteiger partial charge in [0, 0.05) is 39.5 Å². The first kappa shape index (κ1) is 87.0.